The monoisotopic (exact) mass is 532 g/mol. The molecular weight excluding hydrogens is 500 g/mol. The number of benzene rings is 3. The van der Waals surface area contributed by atoms with Crippen molar-refractivity contribution in [3.8, 4) is 16.9 Å². The molecular formula is C33H32N4O3. The minimum atomic E-state index is -0.185. The van der Waals surface area contributed by atoms with Crippen molar-refractivity contribution in [2.45, 2.75) is 31.8 Å². The Morgan fingerprint density at radius 1 is 0.975 bits per heavy atom. The molecule has 1 aliphatic carbocycles. The van der Waals surface area contributed by atoms with E-state index >= 15 is 0 Å². The summed E-state index contributed by atoms with van der Waals surface area (Å²) in [6, 6.07) is 27.7. The molecule has 7 heteroatoms. The quantitative estimate of drug-likeness (QED) is 0.317. The van der Waals surface area contributed by atoms with Crippen LogP contribution in [0.5, 0.6) is 5.75 Å². The van der Waals surface area contributed by atoms with Crippen LogP contribution in [0.15, 0.2) is 91.1 Å². The van der Waals surface area contributed by atoms with Crippen molar-refractivity contribution >= 4 is 17.8 Å². The van der Waals surface area contributed by atoms with Gasteiger partial charge in [-0.2, -0.15) is 0 Å². The molecule has 0 radical (unpaired) electrons. The van der Waals surface area contributed by atoms with Gasteiger partial charge in [-0.1, -0.05) is 60.7 Å². The highest BCUT2D eigenvalue weighted by molar-refractivity contribution is 5.88. The largest absolute Gasteiger partial charge is 0.497 e. The van der Waals surface area contributed by atoms with Crippen LogP contribution in [-0.2, 0) is 24.3 Å². The summed E-state index contributed by atoms with van der Waals surface area (Å²) in [6.07, 6.45) is 3.24. The molecule has 40 heavy (non-hydrogen) atoms. The van der Waals surface area contributed by atoms with Crippen molar-refractivity contribution in [1.29, 1.82) is 0 Å². The zero-order chi connectivity index (χ0) is 27.5. The number of hydrogen-bond donors (Lipinski definition) is 2. The van der Waals surface area contributed by atoms with Crippen LogP contribution < -0.4 is 15.4 Å². The van der Waals surface area contributed by atoms with E-state index < -0.39 is 0 Å². The third-order valence-electron chi connectivity index (χ3n) is 7.88. The average Bonchev–Trinajstić information content (AvgIpc) is 3.82. The predicted molar refractivity (Wildman–Crippen MR) is 155 cm³/mol. The molecule has 2 unspecified atom stereocenters. The average molecular weight is 533 g/mol. The van der Waals surface area contributed by atoms with Gasteiger partial charge in [0, 0.05) is 31.7 Å². The predicted octanol–water partition coefficient (Wildman–Crippen LogP) is 5.77. The van der Waals surface area contributed by atoms with Crippen LogP contribution in [0.3, 0.4) is 0 Å². The molecule has 7 nitrogen and oxygen atoms in total. The molecule has 0 spiro atoms. The number of carbonyl (C=O) groups is 2. The number of pyridine rings is 1. The molecule has 1 aromatic heterocycles. The number of carbonyl (C=O) groups excluding carboxylic acids is 2. The van der Waals surface area contributed by atoms with Crippen molar-refractivity contribution in [1.82, 2.24) is 15.2 Å². The van der Waals surface area contributed by atoms with Crippen molar-refractivity contribution in [2.24, 2.45) is 5.92 Å². The first kappa shape index (κ1) is 25.6. The Labute approximate surface area is 234 Å². The number of methoxy groups -OCH3 is 1. The molecule has 4 aromatic rings. The van der Waals surface area contributed by atoms with Crippen molar-refractivity contribution in [3.63, 3.8) is 0 Å². The number of amides is 3. The fourth-order valence-corrected chi connectivity index (χ4v) is 5.63. The first-order valence-corrected chi connectivity index (χ1v) is 13.7. The smallest absolute Gasteiger partial charge is 0.323 e. The molecule has 2 heterocycles. The highest BCUT2D eigenvalue weighted by Gasteiger charge is 2.43. The van der Waals surface area contributed by atoms with Crippen LogP contribution in [0.25, 0.3) is 11.1 Å². The third kappa shape index (κ3) is 5.41. The summed E-state index contributed by atoms with van der Waals surface area (Å²) < 4.78 is 5.47. The topological polar surface area (TPSA) is 83.6 Å². The summed E-state index contributed by atoms with van der Waals surface area (Å²) >= 11 is 0. The summed E-state index contributed by atoms with van der Waals surface area (Å²) in [4.78, 5) is 32.2. The Bertz CT molecular complexity index is 1520. The number of rotatable bonds is 7. The Balaban J connectivity index is 1.24. The molecule has 3 aromatic carbocycles. The number of ether oxygens (including phenoxy) is 1. The van der Waals surface area contributed by atoms with Crippen molar-refractivity contribution < 1.29 is 14.3 Å². The van der Waals surface area contributed by atoms with E-state index in [1.54, 1.807) is 19.4 Å². The first-order chi connectivity index (χ1) is 19.6. The minimum Gasteiger partial charge on any atom is -0.497 e. The van der Waals surface area contributed by atoms with Gasteiger partial charge < -0.3 is 15.0 Å². The molecule has 0 saturated heterocycles. The fourth-order valence-electron chi connectivity index (χ4n) is 5.63. The maximum Gasteiger partial charge on any atom is 0.323 e. The highest BCUT2D eigenvalue weighted by Crippen LogP contribution is 2.47. The standard InChI is InChI=1S/C33H32N4O3/c1-40-25-11-7-10-23(18-25)26-14-13-24(20-35-32(38)29-19-28(29)22-8-3-2-4-9-22)30-21-37(17-15-27(26)30)33(39)36-31-12-5-6-16-34-31/h2-14,16,18,28-29H,15,17,19-21H2,1H3,(H,35,38)(H,34,36,39). The highest BCUT2D eigenvalue weighted by atomic mass is 16.5. The van der Waals surface area contributed by atoms with Crippen LogP contribution in [0.2, 0.25) is 0 Å². The van der Waals surface area contributed by atoms with E-state index in [0.717, 1.165) is 34.4 Å². The van der Waals surface area contributed by atoms with Crippen LogP contribution in [0.1, 0.15) is 34.6 Å². The zero-order valence-electron chi connectivity index (χ0n) is 22.5. The summed E-state index contributed by atoms with van der Waals surface area (Å²) in [6.45, 7) is 1.46. The second-order valence-corrected chi connectivity index (χ2v) is 10.4. The molecule has 202 valence electrons. The molecule has 0 bridgehead atoms. The number of nitrogens with zero attached hydrogens (tertiary/aromatic N) is 2. The lowest BCUT2D eigenvalue weighted by Crippen LogP contribution is -2.40. The van der Waals surface area contributed by atoms with Gasteiger partial charge in [0.1, 0.15) is 11.6 Å². The van der Waals surface area contributed by atoms with Crippen molar-refractivity contribution in [3.05, 3.63) is 113 Å². The van der Waals surface area contributed by atoms with Gasteiger partial charge in [-0.15, -0.1) is 0 Å². The van der Waals surface area contributed by atoms with Crippen LogP contribution in [0.4, 0.5) is 10.6 Å². The van der Waals surface area contributed by atoms with Gasteiger partial charge in [0.25, 0.3) is 0 Å². The maximum absolute atomic E-state index is 13.2. The van der Waals surface area contributed by atoms with Gasteiger partial charge in [0.2, 0.25) is 5.91 Å². The van der Waals surface area contributed by atoms with Gasteiger partial charge in [0.15, 0.2) is 0 Å². The molecule has 2 aliphatic rings. The molecule has 2 atom stereocenters. The SMILES string of the molecule is COc1cccc(-c2ccc(CNC(=O)C3CC3c3ccccc3)c3c2CCN(C(=O)Nc2ccccn2)C3)c1. The summed E-state index contributed by atoms with van der Waals surface area (Å²) in [5.41, 5.74) is 6.73. The van der Waals surface area contributed by atoms with Crippen molar-refractivity contribution in [2.75, 3.05) is 19.0 Å². The number of hydrogen-bond acceptors (Lipinski definition) is 4. The Morgan fingerprint density at radius 2 is 1.82 bits per heavy atom. The molecule has 6 rings (SSSR count). The first-order valence-electron chi connectivity index (χ1n) is 13.7. The van der Waals surface area contributed by atoms with E-state index in [-0.39, 0.29) is 23.8 Å². The molecule has 1 fully saturated rings. The fraction of sp³-hybridized carbons (Fsp3) is 0.242. The lowest BCUT2D eigenvalue weighted by Gasteiger charge is -2.32. The van der Waals surface area contributed by atoms with E-state index in [9.17, 15) is 9.59 Å². The number of urea groups is 1. The summed E-state index contributed by atoms with van der Waals surface area (Å²) in [7, 11) is 1.67. The Kier molecular flexibility index (Phi) is 7.19. The minimum absolute atomic E-state index is 0.00920. The van der Waals surface area contributed by atoms with E-state index in [1.807, 2.05) is 53.4 Å². The normalized spacial score (nSPS) is 17.5. The number of aromatic nitrogens is 1. The van der Waals surface area contributed by atoms with Gasteiger partial charge in [0.05, 0.1) is 7.11 Å². The molecule has 1 saturated carbocycles. The van der Waals surface area contributed by atoms with E-state index in [0.29, 0.717) is 31.9 Å². The summed E-state index contributed by atoms with van der Waals surface area (Å²) in [5, 5.41) is 6.09. The van der Waals surface area contributed by atoms with Crippen LogP contribution in [0, 0.1) is 5.92 Å². The summed E-state index contributed by atoms with van der Waals surface area (Å²) in [5.74, 6) is 1.70. The Hall–Kier alpha value is -4.65. The van der Waals surface area contributed by atoms with Gasteiger partial charge >= 0.3 is 6.03 Å². The van der Waals surface area contributed by atoms with Gasteiger partial charge in [-0.05, 0) is 76.4 Å². The molecule has 2 N–H and O–H groups in total. The van der Waals surface area contributed by atoms with Crippen LogP contribution >= 0.6 is 0 Å². The van der Waals surface area contributed by atoms with Gasteiger partial charge in [-0.25, -0.2) is 9.78 Å². The van der Waals surface area contributed by atoms with Crippen LogP contribution in [-0.4, -0.2) is 35.5 Å². The zero-order valence-corrected chi connectivity index (χ0v) is 22.5. The lowest BCUT2D eigenvalue weighted by molar-refractivity contribution is -0.122. The lowest BCUT2D eigenvalue weighted by atomic mass is 9.87. The molecule has 1 aliphatic heterocycles. The maximum atomic E-state index is 13.2. The van der Waals surface area contributed by atoms with E-state index in [1.165, 1.54) is 11.1 Å². The Morgan fingerprint density at radius 3 is 2.62 bits per heavy atom. The second kappa shape index (κ2) is 11.2. The van der Waals surface area contributed by atoms with E-state index in [4.69, 9.17) is 4.74 Å². The third-order valence-corrected chi connectivity index (χ3v) is 7.88. The molecule has 3 amide bonds. The number of anilines is 1. The second-order valence-electron chi connectivity index (χ2n) is 10.4. The van der Waals surface area contributed by atoms with E-state index in [2.05, 4.69) is 45.9 Å². The van der Waals surface area contributed by atoms with Gasteiger partial charge in [-0.3, -0.25) is 10.1 Å². The number of nitrogens with one attached hydrogen (secondary N) is 2. The number of fused-ring (bicyclic) bond motifs is 1.